The van der Waals surface area contributed by atoms with Gasteiger partial charge in [0.15, 0.2) is 0 Å². The Morgan fingerprint density at radius 3 is 2.48 bits per heavy atom. The lowest BCUT2D eigenvalue weighted by Crippen LogP contribution is -2.46. The molecule has 3 rings (SSSR count). The highest BCUT2D eigenvalue weighted by Gasteiger charge is 2.37. The predicted molar refractivity (Wildman–Crippen MR) is 95.1 cm³/mol. The molecule has 2 heterocycles. The Hall–Kier alpha value is -1.10. The number of halogens is 1. The standard InChI is InChI=1S/C18H26ClN3O/c1-20-10-6-14-7-11-21(12-8-14)17-9-13-22(18(17)23)16-4-2-15(19)3-5-16/h2-5,14,17,20H,6-13H2,1H3. The summed E-state index contributed by atoms with van der Waals surface area (Å²) in [6.45, 7) is 4.01. The van der Waals surface area contributed by atoms with Crippen LogP contribution in [0.4, 0.5) is 5.69 Å². The van der Waals surface area contributed by atoms with Crippen molar-refractivity contribution in [3.63, 3.8) is 0 Å². The first kappa shape index (κ1) is 16.7. The number of likely N-dealkylation sites (tertiary alicyclic amines) is 1. The Labute approximate surface area is 143 Å². The monoisotopic (exact) mass is 335 g/mol. The van der Waals surface area contributed by atoms with E-state index in [2.05, 4.69) is 10.2 Å². The van der Waals surface area contributed by atoms with Crippen molar-refractivity contribution in [2.45, 2.75) is 31.7 Å². The second-order valence-corrected chi connectivity index (χ2v) is 7.08. The van der Waals surface area contributed by atoms with Crippen molar-refractivity contribution >= 4 is 23.2 Å². The lowest BCUT2D eigenvalue weighted by atomic mass is 9.92. The van der Waals surface area contributed by atoms with E-state index in [-0.39, 0.29) is 11.9 Å². The van der Waals surface area contributed by atoms with E-state index >= 15 is 0 Å². The number of carbonyl (C=O) groups excluding carboxylic acids is 1. The minimum Gasteiger partial charge on any atom is -0.320 e. The van der Waals surface area contributed by atoms with Crippen molar-refractivity contribution in [1.29, 1.82) is 0 Å². The van der Waals surface area contributed by atoms with Gasteiger partial charge in [0, 0.05) is 17.3 Å². The third kappa shape index (κ3) is 3.87. The van der Waals surface area contributed by atoms with Gasteiger partial charge in [-0.15, -0.1) is 0 Å². The summed E-state index contributed by atoms with van der Waals surface area (Å²) in [4.78, 5) is 17.1. The van der Waals surface area contributed by atoms with Gasteiger partial charge in [0.05, 0.1) is 6.04 Å². The maximum Gasteiger partial charge on any atom is 0.244 e. The largest absolute Gasteiger partial charge is 0.320 e. The van der Waals surface area contributed by atoms with Crippen molar-refractivity contribution in [2.75, 3.05) is 38.1 Å². The summed E-state index contributed by atoms with van der Waals surface area (Å²) in [5, 5.41) is 3.94. The highest BCUT2D eigenvalue weighted by molar-refractivity contribution is 6.30. The number of amides is 1. The fourth-order valence-corrected chi connectivity index (χ4v) is 3.91. The molecule has 0 aliphatic carbocycles. The number of anilines is 1. The number of piperidine rings is 1. The molecule has 1 aromatic rings. The van der Waals surface area contributed by atoms with Gasteiger partial charge < -0.3 is 10.2 Å². The van der Waals surface area contributed by atoms with Gasteiger partial charge in [0.2, 0.25) is 5.91 Å². The zero-order valence-corrected chi connectivity index (χ0v) is 14.6. The fraction of sp³-hybridized carbons (Fsp3) is 0.611. The SMILES string of the molecule is CNCCC1CCN(C2CCN(c3ccc(Cl)cc3)C2=O)CC1. The number of benzene rings is 1. The van der Waals surface area contributed by atoms with Gasteiger partial charge in [-0.3, -0.25) is 9.69 Å². The van der Waals surface area contributed by atoms with E-state index in [9.17, 15) is 4.79 Å². The third-order valence-corrected chi connectivity index (χ3v) is 5.46. The Bertz CT molecular complexity index is 526. The fourth-order valence-electron chi connectivity index (χ4n) is 3.78. The molecule has 5 heteroatoms. The molecule has 1 aromatic carbocycles. The molecule has 126 valence electrons. The number of hydrogen-bond acceptors (Lipinski definition) is 3. The molecule has 1 atom stereocenters. The molecule has 2 fully saturated rings. The average molecular weight is 336 g/mol. The minimum absolute atomic E-state index is 0.0657. The van der Waals surface area contributed by atoms with Gasteiger partial charge in [-0.25, -0.2) is 0 Å². The molecule has 0 bridgehead atoms. The molecule has 1 unspecified atom stereocenters. The maximum atomic E-state index is 12.8. The van der Waals surface area contributed by atoms with Crippen LogP contribution < -0.4 is 10.2 Å². The summed E-state index contributed by atoms with van der Waals surface area (Å²) >= 11 is 5.94. The summed E-state index contributed by atoms with van der Waals surface area (Å²) in [6, 6.07) is 7.64. The second-order valence-electron chi connectivity index (χ2n) is 6.64. The van der Waals surface area contributed by atoms with Crippen molar-refractivity contribution in [3.05, 3.63) is 29.3 Å². The van der Waals surface area contributed by atoms with Crippen LogP contribution in [0.3, 0.4) is 0 Å². The highest BCUT2D eigenvalue weighted by Crippen LogP contribution is 2.29. The Kier molecular flexibility index (Phi) is 5.57. The molecule has 2 aliphatic rings. The van der Waals surface area contributed by atoms with E-state index in [0.29, 0.717) is 5.02 Å². The van der Waals surface area contributed by atoms with Gasteiger partial charge in [-0.1, -0.05) is 11.6 Å². The van der Waals surface area contributed by atoms with Gasteiger partial charge in [0.25, 0.3) is 0 Å². The molecule has 0 aromatic heterocycles. The van der Waals surface area contributed by atoms with E-state index in [1.807, 2.05) is 36.2 Å². The number of hydrogen-bond donors (Lipinski definition) is 1. The maximum absolute atomic E-state index is 12.8. The van der Waals surface area contributed by atoms with E-state index in [0.717, 1.165) is 44.2 Å². The lowest BCUT2D eigenvalue weighted by molar-refractivity contribution is -0.122. The second kappa shape index (κ2) is 7.65. The summed E-state index contributed by atoms with van der Waals surface area (Å²) in [7, 11) is 2.01. The van der Waals surface area contributed by atoms with Crippen LogP contribution in [0.2, 0.25) is 5.02 Å². The van der Waals surface area contributed by atoms with Crippen molar-refractivity contribution in [2.24, 2.45) is 5.92 Å². The first-order chi connectivity index (χ1) is 11.2. The number of carbonyl (C=O) groups is 1. The van der Waals surface area contributed by atoms with E-state index < -0.39 is 0 Å². The van der Waals surface area contributed by atoms with Crippen LogP contribution in [-0.4, -0.2) is 50.1 Å². The molecule has 1 amide bonds. The summed E-state index contributed by atoms with van der Waals surface area (Å²) in [6.07, 6.45) is 4.61. The molecule has 23 heavy (non-hydrogen) atoms. The molecule has 0 saturated carbocycles. The van der Waals surface area contributed by atoms with Crippen LogP contribution in [0.25, 0.3) is 0 Å². The van der Waals surface area contributed by atoms with Crippen LogP contribution in [0.5, 0.6) is 0 Å². The molecule has 2 saturated heterocycles. The molecule has 0 spiro atoms. The number of rotatable bonds is 5. The van der Waals surface area contributed by atoms with Gasteiger partial charge >= 0.3 is 0 Å². The minimum atomic E-state index is 0.0657. The van der Waals surface area contributed by atoms with E-state index in [4.69, 9.17) is 11.6 Å². The van der Waals surface area contributed by atoms with Crippen LogP contribution in [0.15, 0.2) is 24.3 Å². The Morgan fingerprint density at radius 2 is 1.83 bits per heavy atom. The highest BCUT2D eigenvalue weighted by atomic mass is 35.5. The van der Waals surface area contributed by atoms with E-state index in [1.54, 1.807) is 0 Å². The first-order valence-corrected chi connectivity index (χ1v) is 9.02. The van der Waals surface area contributed by atoms with Crippen molar-refractivity contribution < 1.29 is 4.79 Å². The van der Waals surface area contributed by atoms with Crippen molar-refractivity contribution in [3.8, 4) is 0 Å². The Balaban J connectivity index is 1.56. The normalized spacial score (nSPS) is 23.7. The van der Waals surface area contributed by atoms with Gasteiger partial charge in [-0.2, -0.15) is 0 Å². The molecular weight excluding hydrogens is 310 g/mol. The van der Waals surface area contributed by atoms with Crippen LogP contribution in [-0.2, 0) is 4.79 Å². The summed E-state index contributed by atoms with van der Waals surface area (Å²) in [5.41, 5.74) is 0.964. The molecule has 1 N–H and O–H groups in total. The van der Waals surface area contributed by atoms with Crippen LogP contribution >= 0.6 is 11.6 Å². The summed E-state index contributed by atoms with van der Waals surface area (Å²) < 4.78 is 0. The number of nitrogens with zero attached hydrogens (tertiary/aromatic N) is 2. The van der Waals surface area contributed by atoms with E-state index in [1.165, 1.54) is 19.3 Å². The molecule has 0 radical (unpaired) electrons. The smallest absolute Gasteiger partial charge is 0.244 e. The van der Waals surface area contributed by atoms with Crippen LogP contribution in [0, 0.1) is 5.92 Å². The average Bonchev–Trinajstić information content (AvgIpc) is 2.96. The topological polar surface area (TPSA) is 35.6 Å². The molecule has 2 aliphatic heterocycles. The van der Waals surface area contributed by atoms with Crippen molar-refractivity contribution in [1.82, 2.24) is 10.2 Å². The van der Waals surface area contributed by atoms with Gasteiger partial charge in [0.1, 0.15) is 0 Å². The molecule has 4 nitrogen and oxygen atoms in total. The predicted octanol–water partition coefficient (Wildman–Crippen LogP) is 2.77. The zero-order valence-electron chi connectivity index (χ0n) is 13.8. The summed E-state index contributed by atoms with van der Waals surface area (Å²) in [5.74, 6) is 1.06. The zero-order chi connectivity index (χ0) is 16.2. The quantitative estimate of drug-likeness (QED) is 0.898. The Morgan fingerprint density at radius 1 is 1.13 bits per heavy atom. The molecular formula is C18H26ClN3O. The van der Waals surface area contributed by atoms with Crippen LogP contribution in [0.1, 0.15) is 25.7 Å². The number of nitrogens with one attached hydrogen (secondary N) is 1. The van der Waals surface area contributed by atoms with Gasteiger partial charge in [-0.05, 0) is 82.5 Å². The third-order valence-electron chi connectivity index (χ3n) is 5.21. The lowest BCUT2D eigenvalue weighted by Gasteiger charge is -2.35. The first-order valence-electron chi connectivity index (χ1n) is 8.64.